The maximum atomic E-state index is 10.7. The molecule has 6 nitrogen and oxygen atoms in total. The lowest BCUT2D eigenvalue weighted by Crippen LogP contribution is -1.99. The van der Waals surface area contributed by atoms with Gasteiger partial charge in [0.15, 0.2) is 0 Å². The lowest BCUT2D eigenvalue weighted by molar-refractivity contribution is -0.384. The van der Waals surface area contributed by atoms with Crippen molar-refractivity contribution in [3.05, 3.63) is 70.9 Å². The third-order valence-electron chi connectivity index (χ3n) is 3.33. The van der Waals surface area contributed by atoms with Crippen LogP contribution < -0.4 is 4.74 Å². The van der Waals surface area contributed by atoms with Crippen LogP contribution in [-0.2, 0) is 0 Å². The highest BCUT2D eigenvalue weighted by Gasteiger charge is 2.10. The third kappa shape index (κ3) is 2.54. The first-order chi connectivity index (χ1) is 10.7. The van der Waals surface area contributed by atoms with Gasteiger partial charge in [0.2, 0.25) is 0 Å². The minimum absolute atomic E-state index is 0.0688. The molecule has 0 aliphatic carbocycles. The van der Waals surface area contributed by atoms with Crippen LogP contribution in [0.1, 0.15) is 0 Å². The van der Waals surface area contributed by atoms with Crippen LogP contribution >= 0.6 is 0 Å². The minimum atomic E-state index is -0.412. The molecule has 2 aromatic carbocycles. The lowest BCUT2D eigenvalue weighted by atomic mass is 10.1. The summed E-state index contributed by atoms with van der Waals surface area (Å²) in [6.45, 7) is 0. The predicted molar refractivity (Wildman–Crippen MR) is 82.2 cm³/mol. The first-order valence-electron chi connectivity index (χ1n) is 6.62. The minimum Gasteiger partial charge on any atom is -0.497 e. The number of rotatable bonds is 4. The molecule has 1 aromatic heterocycles. The van der Waals surface area contributed by atoms with Crippen LogP contribution in [0.3, 0.4) is 0 Å². The maximum absolute atomic E-state index is 10.7. The van der Waals surface area contributed by atoms with E-state index in [-0.39, 0.29) is 5.69 Å². The Balaban J connectivity index is 1.99. The number of nitrogens with zero attached hydrogens (tertiary/aromatic N) is 3. The molecule has 0 atom stereocenters. The van der Waals surface area contributed by atoms with Gasteiger partial charge < -0.3 is 4.74 Å². The first-order valence-corrected chi connectivity index (χ1v) is 6.62. The second-order valence-electron chi connectivity index (χ2n) is 4.63. The molecule has 0 aliphatic heterocycles. The number of benzene rings is 2. The number of non-ortho nitro benzene ring substituents is 1. The number of hydrogen-bond acceptors (Lipinski definition) is 4. The van der Waals surface area contributed by atoms with E-state index in [1.165, 1.54) is 12.1 Å². The van der Waals surface area contributed by atoms with Gasteiger partial charge in [0.05, 0.1) is 29.6 Å². The van der Waals surface area contributed by atoms with E-state index >= 15 is 0 Å². The summed E-state index contributed by atoms with van der Waals surface area (Å²) < 4.78 is 6.92. The number of methoxy groups -OCH3 is 1. The highest BCUT2D eigenvalue weighted by Crippen LogP contribution is 2.25. The zero-order valence-corrected chi connectivity index (χ0v) is 11.8. The van der Waals surface area contributed by atoms with Crippen LogP contribution in [0, 0.1) is 10.1 Å². The fourth-order valence-corrected chi connectivity index (χ4v) is 2.20. The van der Waals surface area contributed by atoms with Gasteiger partial charge in [0.25, 0.3) is 5.69 Å². The topological polar surface area (TPSA) is 70.2 Å². The predicted octanol–water partition coefficient (Wildman–Crippen LogP) is 3.46. The van der Waals surface area contributed by atoms with Crippen LogP contribution in [0.5, 0.6) is 5.75 Å². The molecule has 22 heavy (non-hydrogen) atoms. The van der Waals surface area contributed by atoms with Crippen molar-refractivity contribution in [1.82, 2.24) is 9.78 Å². The number of hydrogen-bond donors (Lipinski definition) is 0. The summed E-state index contributed by atoms with van der Waals surface area (Å²) in [5.74, 6) is 0.771. The molecule has 0 amide bonds. The highest BCUT2D eigenvalue weighted by molar-refractivity contribution is 5.63. The van der Waals surface area contributed by atoms with Crippen LogP contribution in [0.4, 0.5) is 5.69 Å². The van der Waals surface area contributed by atoms with E-state index in [4.69, 9.17) is 4.74 Å². The van der Waals surface area contributed by atoms with Crippen molar-refractivity contribution in [1.29, 1.82) is 0 Å². The lowest BCUT2D eigenvalue weighted by Gasteiger charge is -2.08. The van der Waals surface area contributed by atoms with Gasteiger partial charge in [-0.1, -0.05) is 0 Å². The first kappa shape index (κ1) is 13.8. The van der Waals surface area contributed by atoms with Gasteiger partial charge in [0.1, 0.15) is 5.75 Å². The van der Waals surface area contributed by atoms with Crippen molar-refractivity contribution in [2.75, 3.05) is 7.11 Å². The van der Waals surface area contributed by atoms with E-state index in [0.29, 0.717) is 0 Å². The molecular weight excluding hydrogens is 282 g/mol. The molecular formula is C16H13N3O3. The van der Waals surface area contributed by atoms with Crippen LogP contribution in [0.2, 0.25) is 0 Å². The Hall–Kier alpha value is -3.15. The second-order valence-corrected chi connectivity index (χ2v) is 4.63. The zero-order chi connectivity index (χ0) is 15.5. The molecule has 110 valence electrons. The molecule has 0 radical (unpaired) electrons. The summed E-state index contributed by atoms with van der Waals surface area (Å²) in [6, 6.07) is 15.8. The summed E-state index contributed by atoms with van der Waals surface area (Å²) in [6.07, 6.45) is 1.70. The standard InChI is InChI=1S/C16H13N3O3/c1-22-15-8-6-13(7-9-15)18-16(10-11-17-18)12-2-4-14(5-3-12)19(20)21/h2-11H,1H3. The molecule has 0 saturated carbocycles. The van der Waals surface area contributed by atoms with Gasteiger partial charge in [-0.05, 0) is 42.5 Å². The largest absolute Gasteiger partial charge is 0.497 e. The van der Waals surface area contributed by atoms with Crippen molar-refractivity contribution in [2.24, 2.45) is 0 Å². The SMILES string of the molecule is COc1ccc(-n2nccc2-c2ccc([N+](=O)[O-])cc2)cc1. The van der Waals surface area contributed by atoms with Gasteiger partial charge in [-0.3, -0.25) is 10.1 Å². The molecule has 3 rings (SSSR count). The molecule has 0 unspecified atom stereocenters. The quantitative estimate of drug-likeness (QED) is 0.546. The maximum Gasteiger partial charge on any atom is 0.269 e. The van der Waals surface area contributed by atoms with Gasteiger partial charge >= 0.3 is 0 Å². The number of nitro groups is 1. The Bertz CT molecular complexity index is 792. The summed E-state index contributed by atoms with van der Waals surface area (Å²) in [5.41, 5.74) is 2.68. The normalized spacial score (nSPS) is 10.4. The second kappa shape index (κ2) is 5.69. The van der Waals surface area contributed by atoms with E-state index in [9.17, 15) is 10.1 Å². The average Bonchev–Trinajstić information content (AvgIpc) is 3.04. The van der Waals surface area contributed by atoms with Crippen LogP contribution in [0.15, 0.2) is 60.8 Å². The van der Waals surface area contributed by atoms with E-state index in [1.807, 2.05) is 30.3 Å². The Morgan fingerprint density at radius 2 is 1.73 bits per heavy atom. The van der Waals surface area contributed by atoms with E-state index in [0.717, 1.165) is 22.7 Å². The van der Waals surface area contributed by atoms with Crippen molar-refractivity contribution in [3.8, 4) is 22.7 Å². The molecule has 0 bridgehead atoms. The Kier molecular flexibility index (Phi) is 3.57. The molecule has 3 aromatic rings. The van der Waals surface area contributed by atoms with Crippen molar-refractivity contribution in [2.45, 2.75) is 0 Å². The highest BCUT2D eigenvalue weighted by atomic mass is 16.6. The average molecular weight is 295 g/mol. The van der Waals surface area contributed by atoms with Gasteiger partial charge in [-0.2, -0.15) is 5.10 Å². The number of aromatic nitrogens is 2. The zero-order valence-electron chi connectivity index (χ0n) is 11.8. The molecule has 0 fully saturated rings. The molecule has 1 heterocycles. The molecule has 0 saturated heterocycles. The summed E-state index contributed by atoms with van der Waals surface area (Å²) in [5, 5.41) is 15.0. The molecule has 0 spiro atoms. The monoisotopic (exact) mass is 295 g/mol. The smallest absolute Gasteiger partial charge is 0.269 e. The van der Waals surface area contributed by atoms with E-state index in [1.54, 1.807) is 30.1 Å². The van der Waals surface area contributed by atoms with E-state index in [2.05, 4.69) is 5.10 Å². The van der Waals surface area contributed by atoms with Gasteiger partial charge in [0, 0.05) is 17.7 Å². The van der Waals surface area contributed by atoms with Gasteiger partial charge in [-0.25, -0.2) is 4.68 Å². The van der Waals surface area contributed by atoms with Crippen LogP contribution in [-0.4, -0.2) is 21.8 Å². The Morgan fingerprint density at radius 3 is 2.32 bits per heavy atom. The Labute approximate surface area is 126 Å². The van der Waals surface area contributed by atoms with Crippen molar-refractivity contribution >= 4 is 5.69 Å². The van der Waals surface area contributed by atoms with Crippen molar-refractivity contribution < 1.29 is 9.66 Å². The molecule has 6 heteroatoms. The fraction of sp³-hybridized carbons (Fsp3) is 0.0625. The fourth-order valence-electron chi connectivity index (χ4n) is 2.20. The van der Waals surface area contributed by atoms with Crippen LogP contribution in [0.25, 0.3) is 16.9 Å². The summed E-state index contributed by atoms with van der Waals surface area (Å²) in [7, 11) is 1.62. The number of nitro benzene ring substituents is 1. The van der Waals surface area contributed by atoms with E-state index < -0.39 is 4.92 Å². The summed E-state index contributed by atoms with van der Waals surface area (Å²) >= 11 is 0. The molecule has 0 aliphatic rings. The summed E-state index contributed by atoms with van der Waals surface area (Å²) in [4.78, 5) is 10.3. The number of ether oxygens (including phenoxy) is 1. The molecule has 0 N–H and O–H groups in total. The van der Waals surface area contributed by atoms with Gasteiger partial charge in [-0.15, -0.1) is 0 Å². The third-order valence-corrected chi connectivity index (χ3v) is 3.33. The Morgan fingerprint density at radius 1 is 1.05 bits per heavy atom. The van der Waals surface area contributed by atoms with Crippen molar-refractivity contribution in [3.63, 3.8) is 0 Å².